The first kappa shape index (κ1) is 12.9. The summed E-state index contributed by atoms with van der Waals surface area (Å²) < 4.78 is 0. The van der Waals surface area contributed by atoms with Crippen molar-refractivity contribution in [2.24, 2.45) is 0 Å². The zero-order valence-corrected chi connectivity index (χ0v) is 11.1. The van der Waals surface area contributed by atoms with E-state index in [1.54, 1.807) is 0 Å². The van der Waals surface area contributed by atoms with Gasteiger partial charge in [0.05, 0.1) is 0 Å². The molecule has 1 aliphatic carbocycles. The Morgan fingerprint density at radius 3 is 2.67 bits per heavy atom. The van der Waals surface area contributed by atoms with Gasteiger partial charge >= 0.3 is 0 Å². The van der Waals surface area contributed by atoms with Crippen molar-refractivity contribution in [2.45, 2.75) is 51.5 Å². The lowest BCUT2D eigenvalue weighted by Crippen LogP contribution is -2.23. The van der Waals surface area contributed by atoms with Crippen molar-refractivity contribution in [1.82, 2.24) is 9.97 Å². The van der Waals surface area contributed by atoms with Gasteiger partial charge in [-0.3, -0.25) is 0 Å². The zero-order valence-electron chi connectivity index (χ0n) is 11.1. The van der Waals surface area contributed by atoms with Crippen molar-refractivity contribution in [3.63, 3.8) is 0 Å². The molecular formula is C13H23N5. The molecule has 0 amide bonds. The van der Waals surface area contributed by atoms with Crippen LogP contribution in [0.15, 0.2) is 6.07 Å². The number of nitrogens with zero attached hydrogens (tertiary/aromatic N) is 2. The quantitative estimate of drug-likeness (QED) is 0.748. The Hall–Kier alpha value is -1.52. The number of nitrogens with two attached hydrogens (primary N) is 1. The third-order valence-electron chi connectivity index (χ3n) is 3.26. The molecule has 1 fully saturated rings. The topological polar surface area (TPSA) is 75.9 Å². The van der Waals surface area contributed by atoms with Crippen molar-refractivity contribution in [3.05, 3.63) is 6.07 Å². The van der Waals surface area contributed by atoms with E-state index in [1.807, 2.05) is 6.07 Å². The molecule has 100 valence electrons. The fourth-order valence-electron chi connectivity index (χ4n) is 2.34. The van der Waals surface area contributed by atoms with Crippen LogP contribution in [-0.2, 0) is 0 Å². The van der Waals surface area contributed by atoms with Crippen molar-refractivity contribution in [1.29, 1.82) is 0 Å². The summed E-state index contributed by atoms with van der Waals surface area (Å²) >= 11 is 0. The molecule has 1 heterocycles. The minimum atomic E-state index is 0.328. The summed E-state index contributed by atoms with van der Waals surface area (Å²) in [5, 5.41) is 6.71. The number of nitrogen functional groups attached to an aromatic ring is 1. The van der Waals surface area contributed by atoms with Crippen molar-refractivity contribution in [2.75, 3.05) is 22.9 Å². The predicted octanol–water partition coefficient (Wildman–Crippen LogP) is 2.63. The fourth-order valence-corrected chi connectivity index (χ4v) is 2.34. The number of hydrogen-bond acceptors (Lipinski definition) is 5. The van der Waals surface area contributed by atoms with Crippen molar-refractivity contribution in [3.8, 4) is 0 Å². The monoisotopic (exact) mass is 249 g/mol. The third kappa shape index (κ3) is 3.75. The molecule has 0 bridgehead atoms. The molecule has 1 aliphatic rings. The van der Waals surface area contributed by atoms with Crippen LogP contribution in [0.1, 0.15) is 45.4 Å². The van der Waals surface area contributed by atoms with E-state index in [9.17, 15) is 0 Å². The summed E-state index contributed by atoms with van der Waals surface area (Å²) in [7, 11) is 0. The van der Waals surface area contributed by atoms with E-state index in [4.69, 9.17) is 5.73 Å². The number of rotatable bonds is 5. The van der Waals surface area contributed by atoms with Crippen LogP contribution in [0.5, 0.6) is 0 Å². The van der Waals surface area contributed by atoms with E-state index >= 15 is 0 Å². The lowest BCUT2D eigenvalue weighted by molar-refractivity contribution is 0.462. The first-order valence-corrected chi connectivity index (χ1v) is 6.93. The normalized spacial score (nSPS) is 16.5. The molecule has 1 aromatic heterocycles. The molecule has 5 nitrogen and oxygen atoms in total. The highest BCUT2D eigenvalue weighted by Crippen LogP contribution is 2.22. The molecule has 0 unspecified atom stereocenters. The van der Waals surface area contributed by atoms with Crippen molar-refractivity contribution >= 4 is 17.6 Å². The number of anilines is 3. The third-order valence-corrected chi connectivity index (χ3v) is 3.26. The van der Waals surface area contributed by atoms with Gasteiger partial charge in [-0.1, -0.05) is 26.2 Å². The molecule has 0 aliphatic heterocycles. The van der Waals surface area contributed by atoms with E-state index in [2.05, 4.69) is 27.5 Å². The minimum Gasteiger partial charge on any atom is -0.370 e. The van der Waals surface area contributed by atoms with Gasteiger partial charge in [-0.25, -0.2) is 0 Å². The first-order chi connectivity index (χ1) is 8.78. The molecule has 0 aromatic carbocycles. The average molecular weight is 249 g/mol. The summed E-state index contributed by atoms with van der Waals surface area (Å²) in [6.45, 7) is 3.03. The van der Waals surface area contributed by atoms with Crippen LogP contribution in [0.25, 0.3) is 0 Å². The molecule has 0 atom stereocenters. The number of aromatic nitrogens is 2. The highest BCUT2D eigenvalue weighted by Gasteiger charge is 2.14. The van der Waals surface area contributed by atoms with Gasteiger partial charge in [0.1, 0.15) is 11.6 Å². The maximum Gasteiger partial charge on any atom is 0.223 e. The van der Waals surface area contributed by atoms with Gasteiger partial charge in [0.15, 0.2) is 0 Å². The van der Waals surface area contributed by atoms with Gasteiger partial charge < -0.3 is 16.4 Å². The number of nitrogens with one attached hydrogen (secondary N) is 2. The molecular weight excluding hydrogens is 226 g/mol. The molecule has 1 saturated carbocycles. The molecule has 2 rings (SSSR count). The van der Waals surface area contributed by atoms with Gasteiger partial charge in [-0.2, -0.15) is 9.97 Å². The predicted molar refractivity (Wildman–Crippen MR) is 75.7 cm³/mol. The van der Waals surface area contributed by atoms with E-state index in [0.717, 1.165) is 24.6 Å². The maximum absolute atomic E-state index is 5.73. The molecule has 4 N–H and O–H groups in total. The van der Waals surface area contributed by atoms with Gasteiger partial charge in [0.2, 0.25) is 5.95 Å². The van der Waals surface area contributed by atoms with Gasteiger partial charge in [-0.05, 0) is 19.3 Å². The van der Waals surface area contributed by atoms with E-state index in [1.165, 1.54) is 32.1 Å². The Balaban J connectivity index is 1.99. The van der Waals surface area contributed by atoms with E-state index in [-0.39, 0.29) is 0 Å². The summed E-state index contributed by atoms with van der Waals surface area (Å²) in [5.74, 6) is 1.98. The summed E-state index contributed by atoms with van der Waals surface area (Å²) in [5.41, 5.74) is 5.73. The Morgan fingerprint density at radius 1 is 1.22 bits per heavy atom. The lowest BCUT2D eigenvalue weighted by atomic mass is 9.95. The summed E-state index contributed by atoms with van der Waals surface area (Å²) in [6, 6.07) is 2.48. The van der Waals surface area contributed by atoms with Crippen molar-refractivity contribution < 1.29 is 0 Å². The van der Waals surface area contributed by atoms with E-state index < -0.39 is 0 Å². The maximum atomic E-state index is 5.73. The zero-order chi connectivity index (χ0) is 12.8. The smallest absolute Gasteiger partial charge is 0.223 e. The largest absolute Gasteiger partial charge is 0.370 e. The molecule has 5 heteroatoms. The van der Waals surface area contributed by atoms with Gasteiger partial charge in [0, 0.05) is 18.7 Å². The molecule has 0 radical (unpaired) electrons. The van der Waals surface area contributed by atoms with Gasteiger partial charge in [0.25, 0.3) is 0 Å². The minimum absolute atomic E-state index is 0.328. The summed E-state index contributed by atoms with van der Waals surface area (Å²) in [6.07, 6.45) is 7.48. The summed E-state index contributed by atoms with van der Waals surface area (Å²) in [4.78, 5) is 8.43. The average Bonchev–Trinajstić information content (AvgIpc) is 2.37. The Bertz CT molecular complexity index is 374. The van der Waals surface area contributed by atoms with Crippen LogP contribution in [0.4, 0.5) is 17.6 Å². The Labute approximate surface area is 109 Å². The molecule has 0 spiro atoms. The SMILES string of the molecule is CCCNc1cc(NC2CCCCC2)nc(N)n1. The highest BCUT2D eigenvalue weighted by atomic mass is 15.1. The fraction of sp³-hybridized carbons (Fsp3) is 0.692. The second-order valence-electron chi connectivity index (χ2n) is 4.90. The van der Waals surface area contributed by atoms with Crippen LogP contribution in [0, 0.1) is 0 Å². The highest BCUT2D eigenvalue weighted by molar-refractivity contribution is 5.51. The van der Waals surface area contributed by atoms with Crippen LogP contribution in [0.3, 0.4) is 0 Å². The van der Waals surface area contributed by atoms with E-state index in [0.29, 0.717) is 12.0 Å². The Kier molecular flexibility index (Phi) is 4.61. The van der Waals surface area contributed by atoms with Gasteiger partial charge in [-0.15, -0.1) is 0 Å². The van der Waals surface area contributed by atoms with Crippen LogP contribution >= 0.6 is 0 Å². The second kappa shape index (κ2) is 6.42. The Morgan fingerprint density at radius 2 is 1.94 bits per heavy atom. The second-order valence-corrected chi connectivity index (χ2v) is 4.90. The molecule has 18 heavy (non-hydrogen) atoms. The standard InChI is InChI=1S/C13H23N5/c1-2-8-15-11-9-12(18-13(14)17-11)16-10-6-4-3-5-7-10/h9-10H,2-8H2,1H3,(H4,14,15,16,17,18). The molecule has 1 aromatic rings. The van der Waals surface area contributed by atoms with Crippen LogP contribution in [-0.4, -0.2) is 22.6 Å². The van der Waals surface area contributed by atoms with Crippen LogP contribution < -0.4 is 16.4 Å². The molecule has 0 saturated heterocycles. The number of hydrogen-bond donors (Lipinski definition) is 3. The first-order valence-electron chi connectivity index (χ1n) is 6.93. The lowest BCUT2D eigenvalue weighted by Gasteiger charge is -2.23. The van der Waals surface area contributed by atoms with Crippen LogP contribution in [0.2, 0.25) is 0 Å².